The molecule has 0 atom stereocenters. The maximum Gasteiger partial charge on any atom is 0.0427 e. The molecule has 13 heavy (non-hydrogen) atoms. The molecule has 0 aromatic heterocycles. The van der Waals surface area contributed by atoms with Crippen LogP contribution < -0.4 is 5.32 Å². The van der Waals surface area contributed by atoms with Crippen molar-refractivity contribution in [3.63, 3.8) is 0 Å². The van der Waals surface area contributed by atoms with E-state index in [4.69, 9.17) is 0 Å². The van der Waals surface area contributed by atoms with Crippen LogP contribution in [-0.4, -0.2) is 6.54 Å². The average molecular weight is 170 g/mol. The lowest BCUT2D eigenvalue weighted by Gasteiger charge is -2.03. The summed E-state index contributed by atoms with van der Waals surface area (Å²) in [5.41, 5.74) is 1.07. The van der Waals surface area contributed by atoms with Gasteiger partial charge < -0.3 is 5.32 Å². The highest BCUT2D eigenvalue weighted by Crippen LogP contribution is 2.17. The summed E-state index contributed by atoms with van der Waals surface area (Å²) in [4.78, 5) is 0. The number of benzene rings is 2. The Balaban J connectivity index is 2.49. The fraction of sp³-hybridized carbons (Fsp3) is 0.167. The highest BCUT2D eigenvalue weighted by molar-refractivity contribution is 5.84. The van der Waals surface area contributed by atoms with Crippen LogP contribution in [0.4, 0.5) is 5.69 Å². The molecule has 0 bridgehead atoms. The van der Waals surface area contributed by atoms with Gasteiger partial charge >= 0.3 is 0 Å². The van der Waals surface area contributed by atoms with E-state index in [1.807, 2.05) is 12.1 Å². The lowest BCUT2D eigenvalue weighted by molar-refractivity contribution is 1.21. The summed E-state index contributed by atoms with van der Waals surface area (Å²) in [6.07, 6.45) is 0. The zero-order valence-corrected chi connectivity index (χ0v) is 7.67. The normalized spacial score (nSPS) is 10.2. The molecule has 2 aromatic carbocycles. The summed E-state index contributed by atoms with van der Waals surface area (Å²) in [5.74, 6) is 0. The molecule has 1 nitrogen and oxygen atoms in total. The van der Waals surface area contributed by atoms with Crippen molar-refractivity contribution in [2.45, 2.75) is 6.92 Å². The third-order valence-electron chi connectivity index (χ3n) is 2.03. The van der Waals surface area contributed by atoms with Gasteiger partial charge in [0, 0.05) is 18.3 Å². The molecule has 1 heteroatoms. The van der Waals surface area contributed by atoms with E-state index in [0.29, 0.717) is 0 Å². The minimum atomic E-state index is 0.939. The molecule has 0 unspecified atom stereocenters. The van der Waals surface area contributed by atoms with E-state index in [9.17, 15) is 0 Å². The SMILES string of the molecule is CCNc1[c]c2ccccc2cc1. The Bertz CT molecular complexity index is 407. The highest BCUT2D eigenvalue weighted by Gasteiger charge is 1.93. The van der Waals surface area contributed by atoms with Crippen molar-refractivity contribution < 1.29 is 0 Å². The fourth-order valence-electron chi connectivity index (χ4n) is 1.41. The van der Waals surface area contributed by atoms with E-state index in [2.05, 4.69) is 42.6 Å². The quantitative estimate of drug-likeness (QED) is 0.730. The largest absolute Gasteiger partial charge is 0.385 e. The molecule has 1 radical (unpaired) electrons. The maximum absolute atomic E-state index is 3.32. The van der Waals surface area contributed by atoms with E-state index in [-0.39, 0.29) is 0 Å². The van der Waals surface area contributed by atoms with Gasteiger partial charge in [-0.25, -0.2) is 0 Å². The zero-order chi connectivity index (χ0) is 9.10. The second-order valence-electron chi connectivity index (χ2n) is 2.99. The van der Waals surface area contributed by atoms with E-state index in [0.717, 1.165) is 12.2 Å². The van der Waals surface area contributed by atoms with Crippen LogP contribution in [0.15, 0.2) is 36.4 Å². The number of hydrogen-bond donors (Lipinski definition) is 1. The first-order valence-corrected chi connectivity index (χ1v) is 4.55. The second kappa shape index (κ2) is 3.48. The van der Waals surface area contributed by atoms with Gasteiger partial charge in [-0.2, -0.15) is 0 Å². The Labute approximate surface area is 78.4 Å². The fourth-order valence-corrected chi connectivity index (χ4v) is 1.41. The molecule has 2 rings (SSSR count). The Morgan fingerprint density at radius 3 is 2.85 bits per heavy atom. The Hall–Kier alpha value is -1.50. The van der Waals surface area contributed by atoms with Crippen LogP contribution >= 0.6 is 0 Å². The number of rotatable bonds is 2. The predicted octanol–water partition coefficient (Wildman–Crippen LogP) is 3.07. The van der Waals surface area contributed by atoms with Crippen LogP contribution in [-0.2, 0) is 0 Å². The van der Waals surface area contributed by atoms with Crippen molar-refractivity contribution in [3.8, 4) is 0 Å². The summed E-state index contributed by atoms with van der Waals surface area (Å²) in [5, 5.41) is 5.65. The maximum atomic E-state index is 3.32. The van der Waals surface area contributed by atoms with Gasteiger partial charge in [0.05, 0.1) is 0 Å². The zero-order valence-electron chi connectivity index (χ0n) is 7.67. The Morgan fingerprint density at radius 1 is 1.15 bits per heavy atom. The molecule has 1 N–H and O–H groups in total. The number of nitrogens with one attached hydrogen (secondary N) is 1. The van der Waals surface area contributed by atoms with Crippen LogP contribution in [0, 0.1) is 6.07 Å². The van der Waals surface area contributed by atoms with Crippen LogP contribution in [0.2, 0.25) is 0 Å². The van der Waals surface area contributed by atoms with E-state index < -0.39 is 0 Å². The molecule has 65 valence electrons. The van der Waals surface area contributed by atoms with Crippen molar-refractivity contribution in [3.05, 3.63) is 42.5 Å². The van der Waals surface area contributed by atoms with Crippen LogP contribution in [0.5, 0.6) is 0 Å². The summed E-state index contributed by atoms with van der Waals surface area (Å²) in [7, 11) is 0. The number of fused-ring (bicyclic) bond motifs is 1. The second-order valence-corrected chi connectivity index (χ2v) is 2.99. The van der Waals surface area contributed by atoms with Gasteiger partial charge in [0.1, 0.15) is 0 Å². The van der Waals surface area contributed by atoms with Gasteiger partial charge in [-0.3, -0.25) is 0 Å². The number of anilines is 1. The van der Waals surface area contributed by atoms with Crippen molar-refractivity contribution in [1.82, 2.24) is 0 Å². The summed E-state index contributed by atoms with van der Waals surface area (Å²) in [6, 6.07) is 15.8. The minimum Gasteiger partial charge on any atom is -0.385 e. The van der Waals surface area contributed by atoms with Crippen LogP contribution in [0.3, 0.4) is 0 Å². The van der Waals surface area contributed by atoms with Gasteiger partial charge in [0.15, 0.2) is 0 Å². The highest BCUT2D eigenvalue weighted by atomic mass is 14.8. The topological polar surface area (TPSA) is 12.0 Å². The summed E-state index contributed by atoms with van der Waals surface area (Å²) in [6.45, 7) is 3.03. The molecule has 0 saturated carbocycles. The molecule has 0 saturated heterocycles. The van der Waals surface area contributed by atoms with Crippen LogP contribution in [0.25, 0.3) is 10.8 Å². The molecule has 2 aromatic rings. The van der Waals surface area contributed by atoms with Crippen molar-refractivity contribution in [2.24, 2.45) is 0 Å². The number of hydrogen-bond acceptors (Lipinski definition) is 1. The van der Waals surface area contributed by atoms with E-state index in [1.54, 1.807) is 0 Å². The van der Waals surface area contributed by atoms with E-state index >= 15 is 0 Å². The van der Waals surface area contributed by atoms with Crippen molar-refractivity contribution in [1.29, 1.82) is 0 Å². The van der Waals surface area contributed by atoms with E-state index in [1.165, 1.54) is 10.8 Å². The monoisotopic (exact) mass is 170 g/mol. The molecular weight excluding hydrogens is 158 g/mol. The molecular formula is C12H12N. The van der Waals surface area contributed by atoms with Crippen molar-refractivity contribution in [2.75, 3.05) is 11.9 Å². The lowest BCUT2D eigenvalue weighted by Crippen LogP contribution is -1.95. The predicted molar refractivity (Wildman–Crippen MR) is 56.9 cm³/mol. The Kier molecular flexibility index (Phi) is 2.17. The van der Waals surface area contributed by atoms with Gasteiger partial charge in [0.2, 0.25) is 0 Å². The molecule has 0 fully saturated rings. The molecule has 0 spiro atoms. The van der Waals surface area contributed by atoms with Gasteiger partial charge in [0.25, 0.3) is 0 Å². The third-order valence-corrected chi connectivity index (χ3v) is 2.03. The first-order chi connectivity index (χ1) is 6.40. The first-order valence-electron chi connectivity index (χ1n) is 4.55. The Morgan fingerprint density at radius 2 is 2.00 bits per heavy atom. The van der Waals surface area contributed by atoms with Gasteiger partial charge in [-0.1, -0.05) is 30.3 Å². The molecule has 0 aliphatic rings. The molecule has 0 aliphatic heterocycles. The third kappa shape index (κ3) is 1.64. The lowest BCUT2D eigenvalue weighted by atomic mass is 10.1. The summed E-state index contributed by atoms with van der Waals surface area (Å²) >= 11 is 0. The first kappa shape index (κ1) is 8.11. The minimum absolute atomic E-state index is 0.939. The smallest absolute Gasteiger partial charge is 0.0427 e. The van der Waals surface area contributed by atoms with Crippen molar-refractivity contribution >= 4 is 16.5 Å². The van der Waals surface area contributed by atoms with Gasteiger partial charge in [-0.05, 0) is 23.8 Å². The molecule has 0 aliphatic carbocycles. The summed E-state index contributed by atoms with van der Waals surface area (Å²) < 4.78 is 0. The molecule has 0 amide bonds. The van der Waals surface area contributed by atoms with Gasteiger partial charge in [-0.15, -0.1) is 0 Å². The molecule has 0 heterocycles. The average Bonchev–Trinajstić information content (AvgIpc) is 2.18. The standard InChI is InChI=1S/C12H12N/c1-2-13-12-8-7-10-5-3-4-6-11(10)9-12/h3-8,13H,2H2,1H3. The van der Waals surface area contributed by atoms with Crippen LogP contribution in [0.1, 0.15) is 6.92 Å².